The van der Waals surface area contributed by atoms with Crippen LogP contribution in [0, 0.1) is 0 Å². The fraction of sp³-hybridized carbons (Fsp3) is 0.333. The van der Waals surface area contributed by atoms with Crippen LogP contribution in [0.5, 0.6) is 0 Å². The molecule has 0 spiro atoms. The zero-order valence-corrected chi connectivity index (χ0v) is 14.6. The van der Waals surface area contributed by atoms with Gasteiger partial charge < -0.3 is 20.3 Å². The molecule has 140 valence electrons. The summed E-state index contributed by atoms with van der Waals surface area (Å²) < 4.78 is 7.19. The highest BCUT2D eigenvalue weighted by Crippen LogP contribution is 2.31. The Morgan fingerprint density at radius 3 is 2.67 bits per heavy atom. The lowest BCUT2D eigenvalue weighted by Gasteiger charge is -2.16. The first-order valence-corrected chi connectivity index (χ1v) is 8.57. The normalized spacial score (nSPS) is 25.0. The Kier molecular flexibility index (Phi) is 4.56. The van der Waals surface area contributed by atoms with Gasteiger partial charge in [0.2, 0.25) is 0 Å². The number of hydrogen-bond donors (Lipinski definition) is 3. The fourth-order valence-electron chi connectivity index (χ4n) is 3.13. The number of imidazole rings is 1. The van der Waals surface area contributed by atoms with Gasteiger partial charge in [0, 0.05) is 5.56 Å². The van der Waals surface area contributed by atoms with E-state index in [9.17, 15) is 15.0 Å². The van der Waals surface area contributed by atoms with Gasteiger partial charge >= 0.3 is 0 Å². The molecule has 9 heteroatoms. The smallest absolute Gasteiger partial charge is 0.251 e. The zero-order valence-electron chi connectivity index (χ0n) is 14.6. The third-order valence-corrected chi connectivity index (χ3v) is 4.64. The Morgan fingerprint density at radius 2 is 1.96 bits per heavy atom. The zero-order chi connectivity index (χ0) is 19.0. The highest BCUT2D eigenvalue weighted by atomic mass is 16.6. The number of hydrogen-bond acceptors (Lipinski definition) is 7. The van der Waals surface area contributed by atoms with Gasteiger partial charge in [0.15, 0.2) is 11.9 Å². The predicted molar refractivity (Wildman–Crippen MR) is 94.5 cm³/mol. The molecule has 1 fully saturated rings. The molecule has 0 bridgehead atoms. The van der Waals surface area contributed by atoms with E-state index in [0.29, 0.717) is 22.4 Å². The van der Waals surface area contributed by atoms with Crippen LogP contribution in [-0.4, -0.2) is 54.0 Å². The quantitative estimate of drug-likeness (QED) is 0.608. The molecule has 3 aromatic rings. The number of aromatic nitrogens is 4. The average Bonchev–Trinajstić information content (AvgIpc) is 3.23. The van der Waals surface area contributed by atoms with Crippen molar-refractivity contribution in [3.63, 3.8) is 0 Å². The number of carbonyl (C=O) groups excluding carboxylic acids is 1. The molecule has 0 saturated carbocycles. The van der Waals surface area contributed by atoms with Gasteiger partial charge in [0.05, 0.1) is 24.7 Å². The maximum absolute atomic E-state index is 12.2. The topological polar surface area (TPSA) is 122 Å². The Balaban J connectivity index is 1.57. The summed E-state index contributed by atoms with van der Waals surface area (Å²) in [6.07, 6.45) is -0.519. The van der Waals surface area contributed by atoms with Crippen molar-refractivity contribution in [1.29, 1.82) is 0 Å². The minimum Gasteiger partial charge on any atom is -0.388 e. The Hall–Kier alpha value is -2.88. The summed E-state index contributed by atoms with van der Waals surface area (Å²) in [5.41, 5.74) is 2.05. The molecule has 2 aromatic heterocycles. The summed E-state index contributed by atoms with van der Waals surface area (Å²) in [5.74, 6) is -0.215. The van der Waals surface area contributed by atoms with Crippen LogP contribution in [0.15, 0.2) is 43.0 Å². The van der Waals surface area contributed by atoms with Crippen molar-refractivity contribution in [3.8, 4) is 0 Å². The lowest BCUT2D eigenvalue weighted by molar-refractivity contribution is -0.0299. The van der Waals surface area contributed by atoms with E-state index in [0.717, 1.165) is 0 Å². The lowest BCUT2D eigenvalue weighted by atomic mass is 10.1. The minimum atomic E-state index is -1.09. The van der Waals surface area contributed by atoms with E-state index in [1.807, 2.05) is 6.07 Å². The van der Waals surface area contributed by atoms with Crippen LogP contribution >= 0.6 is 0 Å². The second kappa shape index (κ2) is 7.03. The summed E-state index contributed by atoms with van der Waals surface area (Å²) in [4.78, 5) is 25.0. The molecule has 27 heavy (non-hydrogen) atoms. The molecule has 3 N–H and O–H groups in total. The second-order valence-corrected chi connectivity index (χ2v) is 6.41. The van der Waals surface area contributed by atoms with E-state index < -0.39 is 24.5 Å². The monoisotopic (exact) mass is 369 g/mol. The SMILES string of the molecule is C[C@H]1O[C@@H](n2cnc3c(CNC(=O)c4ccccc4)ncnc32)[C@H](O)[C@@H]1O. The van der Waals surface area contributed by atoms with Crippen LogP contribution in [-0.2, 0) is 11.3 Å². The molecule has 1 aliphatic heterocycles. The molecular weight excluding hydrogens is 350 g/mol. The number of amides is 1. The van der Waals surface area contributed by atoms with E-state index in [1.54, 1.807) is 35.8 Å². The van der Waals surface area contributed by atoms with Gasteiger partial charge in [-0.2, -0.15) is 0 Å². The molecule has 1 saturated heterocycles. The number of benzene rings is 1. The number of aliphatic hydroxyl groups excluding tert-OH is 2. The summed E-state index contributed by atoms with van der Waals surface area (Å²) in [6, 6.07) is 8.88. The highest BCUT2D eigenvalue weighted by molar-refractivity contribution is 5.94. The van der Waals surface area contributed by atoms with Crippen LogP contribution in [0.1, 0.15) is 29.2 Å². The first-order valence-electron chi connectivity index (χ1n) is 8.57. The fourth-order valence-corrected chi connectivity index (χ4v) is 3.13. The van der Waals surface area contributed by atoms with Crippen molar-refractivity contribution in [2.75, 3.05) is 0 Å². The third-order valence-electron chi connectivity index (χ3n) is 4.64. The van der Waals surface area contributed by atoms with Crippen molar-refractivity contribution < 1.29 is 19.7 Å². The largest absolute Gasteiger partial charge is 0.388 e. The van der Waals surface area contributed by atoms with E-state index in [1.165, 1.54) is 12.7 Å². The van der Waals surface area contributed by atoms with Crippen molar-refractivity contribution in [2.45, 2.75) is 38.0 Å². The van der Waals surface area contributed by atoms with E-state index in [4.69, 9.17) is 4.74 Å². The molecule has 4 rings (SSSR count). The van der Waals surface area contributed by atoms with Crippen LogP contribution < -0.4 is 5.32 Å². The number of fused-ring (bicyclic) bond motifs is 1. The van der Waals surface area contributed by atoms with Gasteiger partial charge in [-0.1, -0.05) is 18.2 Å². The van der Waals surface area contributed by atoms with E-state index in [-0.39, 0.29) is 12.5 Å². The van der Waals surface area contributed by atoms with Gasteiger partial charge in [-0.25, -0.2) is 15.0 Å². The average molecular weight is 369 g/mol. The second-order valence-electron chi connectivity index (χ2n) is 6.41. The molecule has 0 aliphatic carbocycles. The van der Waals surface area contributed by atoms with Crippen LogP contribution in [0.4, 0.5) is 0 Å². The standard InChI is InChI=1S/C18H19N5O4/c1-10-14(24)15(25)18(27-10)23-9-22-13-12(20-8-21-16(13)23)7-19-17(26)11-5-3-2-4-6-11/h2-6,8-10,14-15,18,24-25H,7H2,1H3,(H,19,26)/t10-,14-,15-,18-/m1/s1. The molecule has 9 nitrogen and oxygen atoms in total. The molecule has 0 radical (unpaired) electrons. The summed E-state index contributed by atoms with van der Waals surface area (Å²) in [7, 11) is 0. The number of carbonyl (C=O) groups is 1. The number of ether oxygens (including phenoxy) is 1. The number of rotatable bonds is 4. The van der Waals surface area contributed by atoms with E-state index in [2.05, 4.69) is 20.3 Å². The molecule has 4 atom stereocenters. The number of nitrogens with zero attached hydrogens (tertiary/aromatic N) is 4. The molecule has 1 amide bonds. The van der Waals surface area contributed by atoms with Gasteiger partial charge in [-0.15, -0.1) is 0 Å². The van der Waals surface area contributed by atoms with Gasteiger partial charge in [-0.3, -0.25) is 9.36 Å². The maximum Gasteiger partial charge on any atom is 0.251 e. The van der Waals surface area contributed by atoms with Crippen molar-refractivity contribution in [1.82, 2.24) is 24.8 Å². The van der Waals surface area contributed by atoms with E-state index >= 15 is 0 Å². The Bertz CT molecular complexity index is 961. The number of aliphatic hydroxyl groups is 2. The lowest BCUT2D eigenvalue weighted by Crippen LogP contribution is -2.30. The summed E-state index contributed by atoms with van der Waals surface area (Å²) in [5, 5.41) is 22.9. The first kappa shape index (κ1) is 17.5. The van der Waals surface area contributed by atoms with Crippen molar-refractivity contribution >= 4 is 17.1 Å². The molecule has 1 aromatic carbocycles. The van der Waals surface area contributed by atoms with Crippen molar-refractivity contribution in [2.24, 2.45) is 0 Å². The van der Waals surface area contributed by atoms with Crippen molar-refractivity contribution in [3.05, 3.63) is 54.2 Å². The van der Waals surface area contributed by atoms with Crippen LogP contribution in [0.3, 0.4) is 0 Å². The molecular formula is C18H19N5O4. The molecule has 3 heterocycles. The Morgan fingerprint density at radius 1 is 1.19 bits per heavy atom. The number of nitrogens with one attached hydrogen (secondary N) is 1. The summed E-state index contributed by atoms with van der Waals surface area (Å²) in [6.45, 7) is 1.86. The van der Waals surface area contributed by atoms with Gasteiger partial charge in [0.1, 0.15) is 24.1 Å². The van der Waals surface area contributed by atoms with Gasteiger partial charge in [0.25, 0.3) is 5.91 Å². The Labute approximate surface area is 154 Å². The third kappa shape index (κ3) is 3.16. The highest BCUT2D eigenvalue weighted by Gasteiger charge is 2.42. The first-order chi connectivity index (χ1) is 13.1. The van der Waals surface area contributed by atoms with Crippen LogP contribution in [0.25, 0.3) is 11.2 Å². The molecule has 0 unspecified atom stereocenters. The minimum absolute atomic E-state index is 0.177. The van der Waals surface area contributed by atoms with Crippen LogP contribution in [0.2, 0.25) is 0 Å². The maximum atomic E-state index is 12.2. The molecule has 1 aliphatic rings. The predicted octanol–water partition coefficient (Wildman–Crippen LogP) is 0.395. The summed E-state index contributed by atoms with van der Waals surface area (Å²) >= 11 is 0. The van der Waals surface area contributed by atoms with Gasteiger partial charge in [-0.05, 0) is 19.1 Å².